The van der Waals surface area contributed by atoms with Gasteiger partial charge in [-0.25, -0.2) is 4.41 Å². The van der Waals surface area contributed by atoms with Gasteiger partial charge in [0.05, 0.1) is 6.20 Å². The fourth-order valence-corrected chi connectivity index (χ4v) is 0.305. The number of thiol groups is 1. The van der Waals surface area contributed by atoms with E-state index in [2.05, 4.69) is 23.2 Å². The molecule has 1 N–H and O–H groups in total. The molecule has 0 fully saturated rings. The molecule has 4 heteroatoms. The van der Waals surface area contributed by atoms with E-state index in [1.807, 2.05) is 0 Å². The molecule has 1 aliphatic rings. The summed E-state index contributed by atoms with van der Waals surface area (Å²) in [6, 6.07) is 0. The number of hydrazine groups is 1. The lowest BCUT2D eigenvalue weighted by atomic mass is 11.0. The second-order valence-corrected chi connectivity index (χ2v) is 1.27. The van der Waals surface area contributed by atoms with E-state index in [0.717, 1.165) is 0 Å². The lowest BCUT2D eigenvalue weighted by molar-refractivity contribution is 0.0908. The molecule has 1 aliphatic heterocycles. The fourth-order valence-electron chi connectivity index (χ4n) is 0.203. The number of nitrogens with zero attached hydrogens (tertiary/aromatic N) is 1. The monoisotopic (exact) mass is 104 g/mol. The Morgan fingerprint density at radius 1 is 1.83 bits per heavy atom. The first kappa shape index (κ1) is 3.83. The molecule has 0 amide bonds. The summed E-state index contributed by atoms with van der Waals surface area (Å²) in [5, 5.41) is 0. The SMILES string of the molecule is SN1C=CON1. The minimum atomic E-state index is 1.40. The molecule has 0 spiro atoms. The number of hydrogen-bond donors (Lipinski definition) is 2. The Kier molecular flexibility index (Phi) is 0.894. The van der Waals surface area contributed by atoms with Crippen LogP contribution in [0.2, 0.25) is 0 Å². The van der Waals surface area contributed by atoms with E-state index < -0.39 is 0 Å². The van der Waals surface area contributed by atoms with E-state index in [0.29, 0.717) is 0 Å². The van der Waals surface area contributed by atoms with Gasteiger partial charge in [-0.15, -0.1) is 0 Å². The molecule has 6 heavy (non-hydrogen) atoms. The number of nitrogens with one attached hydrogen (secondary N) is 1. The van der Waals surface area contributed by atoms with Crippen LogP contribution in [0.15, 0.2) is 12.5 Å². The van der Waals surface area contributed by atoms with Crippen LogP contribution in [0, 0.1) is 0 Å². The Morgan fingerprint density at radius 3 is 2.83 bits per heavy atom. The van der Waals surface area contributed by atoms with Crippen LogP contribution >= 0.6 is 12.8 Å². The van der Waals surface area contributed by atoms with Crippen molar-refractivity contribution in [1.82, 2.24) is 10.0 Å². The van der Waals surface area contributed by atoms with Gasteiger partial charge < -0.3 is 4.84 Å². The van der Waals surface area contributed by atoms with E-state index >= 15 is 0 Å². The van der Waals surface area contributed by atoms with Crippen molar-refractivity contribution in [2.45, 2.75) is 0 Å². The minimum absolute atomic E-state index is 1.40. The first-order valence-corrected chi connectivity index (χ1v) is 1.85. The van der Waals surface area contributed by atoms with Crippen molar-refractivity contribution in [2.24, 2.45) is 0 Å². The quantitative estimate of drug-likeness (QED) is 0.425. The molecule has 0 atom stereocenters. The van der Waals surface area contributed by atoms with Crippen LogP contribution in [-0.2, 0) is 4.84 Å². The van der Waals surface area contributed by atoms with Gasteiger partial charge in [0.25, 0.3) is 0 Å². The third kappa shape index (κ3) is 0.580. The van der Waals surface area contributed by atoms with Crippen molar-refractivity contribution >= 4 is 12.8 Å². The van der Waals surface area contributed by atoms with Gasteiger partial charge in [-0.3, -0.25) is 0 Å². The van der Waals surface area contributed by atoms with Gasteiger partial charge in [0, 0.05) is 0 Å². The first-order chi connectivity index (χ1) is 2.89. The molecule has 0 aliphatic carbocycles. The van der Waals surface area contributed by atoms with Crippen LogP contribution in [0.1, 0.15) is 0 Å². The zero-order chi connectivity index (χ0) is 4.41. The predicted molar refractivity (Wildman–Crippen MR) is 24.2 cm³/mol. The fraction of sp³-hybridized carbons (Fsp3) is 0. The lowest BCUT2D eigenvalue weighted by Crippen LogP contribution is -2.16. The van der Waals surface area contributed by atoms with Crippen LogP contribution in [0.25, 0.3) is 0 Å². The van der Waals surface area contributed by atoms with Gasteiger partial charge in [-0.2, -0.15) is 0 Å². The highest BCUT2D eigenvalue weighted by Crippen LogP contribution is 1.94. The second kappa shape index (κ2) is 1.40. The molecular formula is C2H4N2OS. The Morgan fingerprint density at radius 2 is 2.67 bits per heavy atom. The summed E-state index contributed by atoms with van der Waals surface area (Å²) in [4.78, 5) is 4.48. The zero-order valence-electron chi connectivity index (χ0n) is 2.96. The molecule has 34 valence electrons. The third-order valence-electron chi connectivity index (χ3n) is 0.416. The molecule has 1 rings (SSSR count). The topological polar surface area (TPSA) is 24.5 Å². The van der Waals surface area contributed by atoms with Crippen LogP contribution < -0.4 is 5.59 Å². The van der Waals surface area contributed by atoms with Crippen LogP contribution in [0.5, 0.6) is 0 Å². The summed E-state index contributed by atoms with van der Waals surface area (Å²) in [5.41, 5.74) is 2.41. The van der Waals surface area contributed by atoms with E-state index in [1.165, 1.54) is 10.7 Å². The summed E-state index contributed by atoms with van der Waals surface area (Å²) >= 11 is 3.80. The molecule has 0 unspecified atom stereocenters. The summed E-state index contributed by atoms with van der Waals surface area (Å²) in [6.45, 7) is 0. The zero-order valence-corrected chi connectivity index (χ0v) is 3.85. The maximum absolute atomic E-state index is 4.48. The van der Waals surface area contributed by atoms with Gasteiger partial charge in [-0.1, -0.05) is 5.59 Å². The van der Waals surface area contributed by atoms with E-state index in [9.17, 15) is 0 Å². The van der Waals surface area contributed by atoms with Crippen molar-refractivity contribution < 1.29 is 4.84 Å². The largest absolute Gasteiger partial charge is 0.394 e. The molecule has 0 aromatic carbocycles. The number of hydrogen-bond acceptors (Lipinski definition) is 4. The lowest BCUT2D eigenvalue weighted by Gasteiger charge is -2.00. The van der Waals surface area contributed by atoms with Gasteiger partial charge >= 0.3 is 0 Å². The Labute approximate surface area is 41.0 Å². The van der Waals surface area contributed by atoms with Gasteiger partial charge in [0.1, 0.15) is 6.26 Å². The highest BCUT2D eigenvalue weighted by molar-refractivity contribution is 7.77. The maximum Gasteiger partial charge on any atom is 0.132 e. The van der Waals surface area contributed by atoms with Gasteiger partial charge in [-0.05, 0) is 12.8 Å². The molecule has 1 heterocycles. The average Bonchev–Trinajstić information content (AvgIpc) is 1.86. The van der Waals surface area contributed by atoms with Crippen LogP contribution in [0.3, 0.4) is 0 Å². The summed E-state index contributed by atoms with van der Waals surface area (Å²) < 4.78 is 1.40. The standard InChI is InChI=1S/C2H4N2OS/c6-4-1-2-5-3-4/h1-3,6H. The van der Waals surface area contributed by atoms with Crippen LogP contribution in [-0.4, -0.2) is 4.41 Å². The summed E-state index contributed by atoms with van der Waals surface area (Å²) in [5.74, 6) is 0. The van der Waals surface area contributed by atoms with Gasteiger partial charge in [0.2, 0.25) is 0 Å². The second-order valence-electron chi connectivity index (χ2n) is 0.839. The normalized spacial score (nSPS) is 18.5. The summed E-state index contributed by atoms with van der Waals surface area (Å²) in [6.07, 6.45) is 3.14. The summed E-state index contributed by atoms with van der Waals surface area (Å²) in [7, 11) is 0. The Bertz CT molecular complexity index is 73.9. The molecule has 0 aromatic heterocycles. The van der Waals surface area contributed by atoms with Crippen molar-refractivity contribution in [1.29, 1.82) is 0 Å². The molecule has 0 bridgehead atoms. The predicted octanol–water partition coefficient (Wildman–Crippen LogP) is 0.0542. The minimum Gasteiger partial charge on any atom is -0.394 e. The smallest absolute Gasteiger partial charge is 0.132 e. The van der Waals surface area contributed by atoms with E-state index in [-0.39, 0.29) is 0 Å². The van der Waals surface area contributed by atoms with E-state index in [4.69, 9.17) is 0 Å². The molecule has 3 nitrogen and oxygen atoms in total. The van der Waals surface area contributed by atoms with Crippen molar-refractivity contribution in [3.05, 3.63) is 12.5 Å². The maximum atomic E-state index is 4.48. The van der Waals surface area contributed by atoms with Crippen molar-refractivity contribution in [3.63, 3.8) is 0 Å². The highest BCUT2D eigenvalue weighted by Gasteiger charge is 1.92. The third-order valence-corrected chi connectivity index (χ3v) is 0.631. The Hall–Kier alpha value is -0.350. The van der Waals surface area contributed by atoms with Crippen molar-refractivity contribution in [3.8, 4) is 0 Å². The molecular weight excluding hydrogens is 100 g/mol. The molecule has 0 aromatic rings. The van der Waals surface area contributed by atoms with Crippen molar-refractivity contribution in [2.75, 3.05) is 0 Å². The molecule has 0 saturated carbocycles. The molecule has 0 saturated heterocycles. The highest BCUT2D eigenvalue weighted by atomic mass is 32.1. The average molecular weight is 104 g/mol. The van der Waals surface area contributed by atoms with Gasteiger partial charge in [0.15, 0.2) is 0 Å². The molecule has 0 radical (unpaired) electrons. The van der Waals surface area contributed by atoms with Crippen LogP contribution in [0.4, 0.5) is 0 Å². The van der Waals surface area contributed by atoms with E-state index in [1.54, 1.807) is 6.20 Å². The first-order valence-electron chi connectivity index (χ1n) is 1.45. The Balaban J connectivity index is 2.38. The number of rotatable bonds is 0.